The standard InChI is InChI=1S/C8H19N2P/c1-3-9(4-2)11-10-7-5-6-8-10/h11H,3-8H2,1-2H3. The normalized spacial score (nSPS) is 21.0. The van der Waals surface area contributed by atoms with Gasteiger partial charge in [-0.15, -0.1) is 0 Å². The lowest BCUT2D eigenvalue weighted by atomic mass is 10.4. The Labute approximate surface area is 71.8 Å². The Kier molecular flexibility index (Phi) is 4.36. The molecule has 66 valence electrons. The van der Waals surface area contributed by atoms with Gasteiger partial charge in [0, 0.05) is 35.1 Å². The molecule has 0 amide bonds. The molecule has 0 aromatic carbocycles. The summed E-state index contributed by atoms with van der Waals surface area (Å²) < 4.78 is 5.08. The summed E-state index contributed by atoms with van der Waals surface area (Å²) in [4.78, 5) is 0. The Balaban J connectivity index is 2.16. The first kappa shape index (κ1) is 9.44. The molecular weight excluding hydrogens is 155 g/mol. The number of nitrogens with zero attached hydrogens (tertiary/aromatic N) is 2. The predicted octanol–water partition coefficient (Wildman–Crippen LogP) is 1.93. The molecule has 11 heavy (non-hydrogen) atoms. The number of rotatable bonds is 4. The highest BCUT2D eigenvalue weighted by Crippen LogP contribution is 2.27. The molecule has 1 rings (SSSR count). The largest absolute Gasteiger partial charge is 0.273 e. The van der Waals surface area contributed by atoms with Crippen molar-refractivity contribution in [3.05, 3.63) is 0 Å². The Morgan fingerprint density at radius 2 is 1.73 bits per heavy atom. The Hall–Kier alpha value is 0.350. The van der Waals surface area contributed by atoms with E-state index in [-0.39, 0.29) is 0 Å². The van der Waals surface area contributed by atoms with Crippen LogP contribution >= 0.6 is 8.88 Å². The summed E-state index contributed by atoms with van der Waals surface area (Å²) in [6, 6.07) is 0. The summed E-state index contributed by atoms with van der Waals surface area (Å²) in [5, 5.41) is 0. The first-order valence-electron chi connectivity index (χ1n) is 4.63. The van der Waals surface area contributed by atoms with Crippen molar-refractivity contribution in [3.63, 3.8) is 0 Å². The van der Waals surface area contributed by atoms with Crippen molar-refractivity contribution < 1.29 is 0 Å². The fourth-order valence-corrected chi connectivity index (χ4v) is 2.58. The van der Waals surface area contributed by atoms with Gasteiger partial charge in [-0.2, -0.15) is 0 Å². The summed E-state index contributed by atoms with van der Waals surface area (Å²) in [6.45, 7) is 9.54. The molecule has 0 aromatic rings. The first-order valence-corrected chi connectivity index (χ1v) is 5.52. The zero-order chi connectivity index (χ0) is 8.10. The van der Waals surface area contributed by atoms with Crippen molar-refractivity contribution in [2.45, 2.75) is 26.7 Å². The summed E-state index contributed by atoms with van der Waals surface area (Å²) in [5.41, 5.74) is 0. The second kappa shape index (κ2) is 5.08. The molecular formula is C8H19N2P. The maximum absolute atomic E-state index is 2.58. The quantitative estimate of drug-likeness (QED) is 0.601. The van der Waals surface area contributed by atoms with Gasteiger partial charge in [-0.25, -0.2) is 0 Å². The van der Waals surface area contributed by atoms with Crippen LogP contribution in [0.4, 0.5) is 0 Å². The monoisotopic (exact) mass is 174 g/mol. The smallest absolute Gasteiger partial charge is 0.0240 e. The van der Waals surface area contributed by atoms with Crippen molar-refractivity contribution in [1.29, 1.82) is 0 Å². The summed E-state index contributed by atoms with van der Waals surface area (Å²) in [7, 11) is 0.944. The van der Waals surface area contributed by atoms with E-state index < -0.39 is 0 Å². The average molecular weight is 174 g/mol. The molecule has 0 aromatic heterocycles. The van der Waals surface area contributed by atoms with E-state index in [1.807, 2.05) is 0 Å². The van der Waals surface area contributed by atoms with Crippen LogP contribution in [0.15, 0.2) is 0 Å². The van der Waals surface area contributed by atoms with Crippen LogP contribution in [-0.2, 0) is 0 Å². The van der Waals surface area contributed by atoms with Crippen molar-refractivity contribution in [2.75, 3.05) is 26.2 Å². The highest BCUT2D eigenvalue weighted by molar-refractivity contribution is 7.32. The molecule has 1 aliphatic rings. The van der Waals surface area contributed by atoms with Gasteiger partial charge in [0.1, 0.15) is 0 Å². The molecule has 0 aliphatic carbocycles. The van der Waals surface area contributed by atoms with E-state index in [4.69, 9.17) is 0 Å². The van der Waals surface area contributed by atoms with Gasteiger partial charge in [0.05, 0.1) is 0 Å². The van der Waals surface area contributed by atoms with Crippen LogP contribution in [-0.4, -0.2) is 35.5 Å². The topological polar surface area (TPSA) is 6.48 Å². The molecule has 1 atom stereocenters. The lowest BCUT2D eigenvalue weighted by Crippen LogP contribution is -2.20. The average Bonchev–Trinajstić information content (AvgIpc) is 2.52. The maximum atomic E-state index is 2.58. The highest BCUT2D eigenvalue weighted by atomic mass is 31.1. The van der Waals surface area contributed by atoms with Crippen LogP contribution in [0.1, 0.15) is 26.7 Å². The van der Waals surface area contributed by atoms with E-state index in [1.165, 1.54) is 39.0 Å². The van der Waals surface area contributed by atoms with E-state index in [9.17, 15) is 0 Å². The third kappa shape index (κ3) is 3.06. The minimum Gasteiger partial charge on any atom is -0.273 e. The molecule has 1 fully saturated rings. The molecule has 0 radical (unpaired) electrons. The van der Waals surface area contributed by atoms with Crippen LogP contribution in [0.25, 0.3) is 0 Å². The second-order valence-corrected chi connectivity index (χ2v) is 4.43. The van der Waals surface area contributed by atoms with Crippen molar-refractivity contribution in [2.24, 2.45) is 0 Å². The minimum atomic E-state index is 0.944. The Morgan fingerprint density at radius 3 is 2.18 bits per heavy atom. The SMILES string of the molecule is CCN(CC)PN1CCCC1. The molecule has 0 N–H and O–H groups in total. The van der Waals surface area contributed by atoms with Crippen LogP contribution in [0.3, 0.4) is 0 Å². The summed E-state index contributed by atoms with van der Waals surface area (Å²) in [5.74, 6) is 0. The van der Waals surface area contributed by atoms with Crippen LogP contribution in [0, 0.1) is 0 Å². The van der Waals surface area contributed by atoms with Gasteiger partial charge in [-0.05, 0) is 12.8 Å². The molecule has 0 spiro atoms. The van der Waals surface area contributed by atoms with Crippen molar-refractivity contribution in [1.82, 2.24) is 9.34 Å². The van der Waals surface area contributed by atoms with E-state index >= 15 is 0 Å². The second-order valence-electron chi connectivity index (χ2n) is 2.97. The van der Waals surface area contributed by atoms with E-state index in [0.717, 1.165) is 8.88 Å². The molecule has 0 bridgehead atoms. The van der Waals surface area contributed by atoms with Crippen LogP contribution in [0.2, 0.25) is 0 Å². The molecule has 2 nitrogen and oxygen atoms in total. The van der Waals surface area contributed by atoms with Gasteiger partial charge >= 0.3 is 0 Å². The zero-order valence-corrected chi connectivity index (χ0v) is 8.64. The lowest BCUT2D eigenvalue weighted by Gasteiger charge is -2.24. The minimum absolute atomic E-state index is 0.944. The zero-order valence-electron chi connectivity index (χ0n) is 7.64. The molecule has 1 heterocycles. The van der Waals surface area contributed by atoms with Gasteiger partial charge in [0.25, 0.3) is 0 Å². The van der Waals surface area contributed by atoms with Crippen LogP contribution < -0.4 is 0 Å². The van der Waals surface area contributed by atoms with Crippen LogP contribution in [0.5, 0.6) is 0 Å². The third-order valence-corrected chi connectivity index (χ3v) is 3.80. The highest BCUT2D eigenvalue weighted by Gasteiger charge is 2.13. The summed E-state index contributed by atoms with van der Waals surface area (Å²) in [6.07, 6.45) is 2.82. The van der Waals surface area contributed by atoms with Gasteiger partial charge in [0.15, 0.2) is 0 Å². The predicted molar refractivity (Wildman–Crippen MR) is 52.0 cm³/mol. The fraction of sp³-hybridized carbons (Fsp3) is 1.00. The third-order valence-electron chi connectivity index (χ3n) is 2.15. The lowest BCUT2D eigenvalue weighted by molar-refractivity contribution is 0.461. The number of hydrogen-bond acceptors (Lipinski definition) is 2. The first-order chi connectivity index (χ1) is 5.36. The van der Waals surface area contributed by atoms with Crippen molar-refractivity contribution in [3.8, 4) is 0 Å². The van der Waals surface area contributed by atoms with Gasteiger partial charge in [-0.3, -0.25) is 9.34 Å². The Morgan fingerprint density at radius 1 is 1.18 bits per heavy atom. The fourth-order valence-electron chi connectivity index (χ4n) is 1.38. The number of hydrogen-bond donors (Lipinski definition) is 0. The van der Waals surface area contributed by atoms with Gasteiger partial charge in [-0.1, -0.05) is 13.8 Å². The van der Waals surface area contributed by atoms with Gasteiger partial charge < -0.3 is 0 Å². The summed E-state index contributed by atoms with van der Waals surface area (Å²) >= 11 is 0. The maximum Gasteiger partial charge on any atom is 0.0240 e. The van der Waals surface area contributed by atoms with Gasteiger partial charge in [0.2, 0.25) is 0 Å². The molecule has 1 saturated heterocycles. The van der Waals surface area contributed by atoms with Crippen molar-refractivity contribution >= 4 is 8.88 Å². The van der Waals surface area contributed by atoms with E-state index in [0.29, 0.717) is 0 Å². The van der Waals surface area contributed by atoms with E-state index in [1.54, 1.807) is 0 Å². The molecule has 1 aliphatic heterocycles. The van der Waals surface area contributed by atoms with E-state index in [2.05, 4.69) is 23.2 Å². The molecule has 3 heteroatoms. The molecule has 0 saturated carbocycles. The molecule has 1 unspecified atom stereocenters. The Bertz CT molecular complexity index is 98.3.